The molecular formula is C56H35N5PdSi. The Morgan fingerprint density at radius 1 is 0.413 bits per heavy atom. The van der Waals surface area contributed by atoms with Crippen molar-refractivity contribution in [2.24, 2.45) is 0 Å². The van der Waals surface area contributed by atoms with Crippen molar-refractivity contribution in [1.29, 1.82) is 0 Å². The zero-order valence-electron chi connectivity index (χ0n) is 33.8. The molecule has 0 aliphatic carbocycles. The number of imidazole rings is 1. The van der Waals surface area contributed by atoms with Crippen LogP contribution in [0.3, 0.4) is 0 Å². The predicted molar refractivity (Wildman–Crippen MR) is 258 cm³/mol. The van der Waals surface area contributed by atoms with Crippen molar-refractivity contribution in [3.8, 4) is 11.4 Å². The van der Waals surface area contributed by atoms with E-state index in [0.29, 0.717) is 0 Å². The van der Waals surface area contributed by atoms with Crippen LogP contribution in [0.5, 0.6) is 0 Å². The fraction of sp³-hybridized carbons (Fsp3) is 0. The van der Waals surface area contributed by atoms with Crippen LogP contribution < -0.4 is 20.7 Å². The Morgan fingerprint density at radius 3 is 1.79 bits per heavy atom. The Bertz CT molecular complexity index is 3830. The number of fused-ring (bicyclic) bond motifs is 13. The van der Waals surface area contributed by atoms with Crippen LogP contribution >= 0.6 is 0 Å². The summed E-state index contributed by atoms with van der Waals surface area (Å²) in [5.74, 6) is 0. The maximum absolute atomic E-state index is 5.14. The van der Waals surface area contributed by atoms with Gasteiger partial charge in [-0.25, -0.2) is 4.98 Å². The molecule has 5 heterocycles. The second-order valence-electron chi connectivity index (χ2n) is 16.0. The molecule has 0 bridgehead atoms. The number of pyridine rings is 2. The van der Waals surface area contributed by atoms with E-state index in [1.807, 2.05) is 12.4 Å². The number of rotatable bonds is 6. The summed E-state index contributed by atoms with van der Waals surface area (Å²) in [7, 11) is -3.14. The predicted octanol–water partition coefficient (Wildman–Crippen LogP) is 10.2. The third kappa shape index (κ3) is 5.38. The van der Waals surface area contributed by atoms with Crippen molar-refractivity contribution >= 4 is 99.9 Å². The van der Waals surface area contributed by atoms with Gasteiger partial charge >= 0.3 is 20.4 Å². The minimum Gasteiger partial charge on any atom is -0.340 e. The molecule has 8 aromatic carbocycles. The van der Waals surface area contributed by atoms with E-state index in [4.69, 9.17) is 9.97 Å². The molecule has 0 atom stereocenters. The minimum absolute atomic E-state index is 0. The largest absolute Gasteiger partial charge is 2.00 e. The van der Waals surface area contributed by atoms with Gasteiger partial charge in [0.15, 0.2) is 0 Å². The van der Waals surface area contributed by atoms with Crippen molar-refractivity contribution in [1.82, 2.24) is 23.5 Å². The smallest absolute Gasteiger partial charge is 0.340 e. The summed E-state index contributed by atoms with van der Waals surface area (Å²) in [6.07, 6.45) is 5.86. The van der Waals surface area contributed by atoms with E-state index in [1.165, 1.54) is 37.6 Å². The first-order valence-electron chi connectivity index (χ1n) is 21.0. The molecule has 0 saturated carbocycles. The molecular weight excluding hydrogens is 877 g/mol. The fourth-order valence-corrected chi connectivity index (χ4v) is 14.9. The quantitative estimate of drug-likeness (QED) is 0.0722. The Morgan fingerprint density at radius 2 is 1.03 bits per heavy atom. The average molecular weight is 912 g/mol. The van der Waals surface area contributed by atoms with E-state index in [0.717, 1.165) is 65.6 Å². The van der Waals surface area contributed by atoms with Gasteiger partial charge in [0.2, 0.25) is 0 Å². The molecule has 13 aromatic rings. The molecule has 7 heteroatoms. The Hall–Kier alpha value is -7.40. The zero-order chi connectivity index (χ0) is 40.8. The van der Waals surface area contributed by atoms with Crippen molar-refractivity contribution in [2.75, 3.05) is 0 Å². The maximum atomic E-state index is 5.14. The van der Waals surface area contributed by atoms with Crippen LogP contribution in [-0.2, 0) is 20.4 Å². The van der Waals surface area contributed by atoms with Crippen molar-refractivity contribution in [3.05, 3.63) is 225 Å². The van der Waals surface area contributed by atoms with E-state index in [1.54, 1.807) is 0 Å². The Kier molecular flexibility index (Phi) is 8.67. The van der Waals surface area contributed by atoms with Crippen LogP contribution in [-0.4, -0.2) is 31.6 Å². The van der Waals surface area contributed by atoms with Gasteiger partial charge in [-0.2, -0.15) is 23.4 Å². The van der Waals surface area contributed by atoms with Gasteiger partial charge in [0.05, 0.1) is 22.2 Å². The van der Waals surface area contributed by atoms with Gasteiger partial charge in [-0.15, -0.1) is 34.8 Å². The third-order valence-corrected chi connectivity index (χ3v) is 17.4. The van der Waals surface area contributed by atoms with E-state index < -0.39 is 8.07 Å². The molecule has 5 aromatic heterocycles. The number of aromatic nitrogens is 5. The topological polar surface area (TPSA) is 40.0 Å². The van der Waals surface area contributed by atoms with E-state index >= 15 is 0 Å². The van der Waals surface area contributed by atoms with Gasteiger partial charge < -0.3 is 13.5 Å². The Labute approximate surface area is 377 Å². The summed E-state index contributed by atoms with van der Waals surface area (Å²) >= 11 is 0. The summed E-state index contributed by atoms with van der Waals surface area (Å²) < 4.78 is 6.94. The first-order valence-corrected chi connectivity index (χ1v) is 23.0. The molecule has 0 fully saturated rings. The molecule has 0 radical (unpaired) electrons. The summed E-state index contributed by atoms with van der Waals surface area (Å²) in [5, 5.41) is 12.8. The number of hydrogen-bond acceptors (Lipinski definition) is 2. The van der Waals surface area contributed by atoms with Gasteiger partial charge in [0.1, 0.15) is 13.7 Å². The number of hydrogen-bond donors (Lipinski definition) is 0. The van der Waals surface area contributed by atoms with Crippen LogP contribution in [0.25, 0.3) is 82.4 Å². The van der Waals surface area contributed by atoms with E-state index in [-0.39, 0.29) is 20.4 Å². The molecule has 0 aliphatic rings. The molecule has 63 heavy (non-hydrogen) atoms. The van der Waals surface area contributed by atoms with Crippen LogP contribution in [0.2, 0.25) is 0 Å². The molecule has 0 saturated heterocycles. The summed E-state index contributed by atoms with van der Waals surface area (Å²) in [5.41, 5.74) is 8.41. The molecule has 298 valence electrons. The van der Waals surface area contributed by atoms with E-state index in [9.17, 15) is 0 Å². The number of para-hydroxylation sites is 3. The first kappa shape index (κ1) is 37.4. The van der Waals surface area contributed by atoms with Gasteiger partial charge in [-0.05, 0) is 58.2 Å². The van der Waals surface area contributed by atoms with Gasteiger partial charge in [0.25, 0.3) is 0 Å². The number of benzene rings is 8. The number of nitrogens with zero attached hydrogens (tertiary/aromatic N) is 5. The maximum Gasteiger partial charge on any atom is 2.00 e. The summed E-state index contributed by atoms with van der Waals surface area (Å²) in [6, 6.07) is 78.4. The fourth-order valence-electron chi connectivity index (χ4n) is 10.3. The molecule has 0 spiro atoms. The summed E-state index contributed by atoms with van der Waals surface area (Å²) in [6.45, 7) is 0. The zero-order valence-corrected chi connectivity index (χ0v) is 36.3. The SMILES string of the molecule is [Pd+2].[c-]1c(-n2c3ccc4c5ccccc5n(-c5ccccc5)c4c3c3cccnc32)cccc1[Si](c1[c-]c2c(cc1)c1ccccc1n1ccnc21)(c1ccccc1)c1ccccc1. The Balaban J connectivity index is 0.00000421. The standard InChI is InChI=1S/C56H35N5Si.Pd/c1-4-16-38(17-5-1)60-51-28-13-11-25-46(51)47-31-32-52-53(54(47)60)48-26-15-33-57-56(48)61(52)39-18-14-23-42(36-39)62(40-19-6-2-7-20-40,41-21-8-3-9-22-41)43-29-30-44-45-24-10-12-27-50(45)59-35-34-58-55(59)49(44)37-43;/h1-35H;/q-2;+2. The van der Waals surface area contributed by atoms with Crippen LogP contribution in [0.1, 0.15) is 0 Å². The van der Waals surface area contributed by atoms with E-state index in [2.05, 4.69) is 226 Å². The van der Waals surface area contributed by atoms with Crippen LogP contribution in [0, 0.1) is 12.1 Å². The van der Waals surface area contributed by atoms with Crippen molar-refractivity contribution in [2.45, 2.75) is 0 Å². The molecule has 0 unspecified atom stereocenters. The molecule has 5 nitrogen and oxygen atoms in total. The molecule has 0 amide bonds. The first-order chi connectivity index (χ1) is 30.8. The molecule has 0 aliphatic heterocycles. The van der Waals surface area contributed by atoms with Crippen LogP contribution in [0.15, 0.2) is 213 Å². The molecule has 0 N–H and O–H groups in total. The third-order valence-electron chi connectivity index (χ3n) is 12.8. The van der Waals surface area contributed by atoms with Crippen LogP contribution in [0.4, 0.5) is 0 Å². The average Bonchev–Trinajstić information content (AvgIpc) is 4.07. The molecule has 13 rings (SSSR count). The second-order valence-corrected chi connectivity index (χ2v) is 19.7. The summed E-state index contributed by atoms with van der Waals surface area (Å²) in [4.78, 5) is 10.1. The normalized spacial score (nSPS) is 12.0. The monoisotopic (exact) mass is 911 g/mol. The van der Waals surface area contributed by atoms with Gasteiger partial charge in [-0.3, -0.25) is 4.98 Å². The van der Waals surface area contributed by atoms with Crippen molar-refractivity contribution in [3.63, 3.8) is 0 Å². The minimum atomic E-state index is -3.14. The van der Waals surface area contributed by atoms with Gasteiger partial charge in [0, 0.05) is 51.3 Å². The van der Waals surface area contributed by atoms with Gasteiger partial charge in [-0.1, -0.05) is 132 Å². The second kappa shape index (κ2) is 14.6. The van der Waals surface area contributed by atoms with Crippen molar-refractivity contribution < 1.29 is 20.4 Å².